The van der Waals surface area contributed by atoms with Gasteiger partial charge in [0.05, 0.1) is 31.9 Å². The molecule has 0 bridgehead atoms. The Morgan fingerprint density at radius 2 is 2.15 bits per heavy atom. The number of nitrogens with zero attached hydrogens (tertiary/aromatic N) is 2. The molecule has 7 nitrogen and oxygen atoms in total. The van der Waals surface area contributed by atoms with E-state index in [9.17, 15) is 13.2 Å². The summed E-state index contributed by atoms with van der Waals surface area (Å²) in [7, 11) is -0.459. The Bertz CT molecular complexity index is 512. The number of ether oxygens (including phenoxy) is 1. The zero-order chi connectivity index (χ0) is 15.2. The highest BCUT2D eigenvalue weighted by molar-refractivity contribution is 7.88. The summed E-state index contributed by atoms with van der Waals surface area (Å²) in [5.41, 5.74) is 0.844. The van der Waals surface area contributed by atoms with Crippen molar-refractivity contribution in [1.29, 1.82) is 0 Å². The maximum absolute atomic E-state index is 12.2. The van der Waals surface area contributed by atoms with Gasteiger partial charge in [0.15, 0.2) is 0 Å². The van der Waals surface area contributed by atoms with E-state index in [0.29, 0.717) is 19.7 Å². The van der Waals surface area contributed by atoms with Gasteiger partial charge in [0.25, 0.3) is 0 Å². The molecule has 0 saturated heterocycles. The van der Waals surface area contributed by atoms with E-state index in [1.807, 2.05) is 0 Å². The van der Waals surface area contributed by atoms with E-state index in [0.717, 1.165) is 16.1 Å². The predicted octanol–water partition coefficient (Wildman–Crippen LogP) is 0.146. The highest BCUT2D eigenvalue weighted by Gasteiger charge is 2.20. The van der Waals surface area contributed by atoms with Crippen LogP contribution in [-0.4, -0.2) is 63.6 Å². The molecule has 0 fully saturated rings. The monoisotopic (exact) mass is 304 g/mol. The summed E-state index contributed by atoms with van der Waals surface area (Å²) >= 11 is 0. The van der Waals surface area contributed by atoms with Gasteiger partial charge < -0.3 is 14.1 Å². The van der Waals surface area contributed by atoms with Crippen molar-refractivity contribution < 1.29 is 22.4 Å². The summed E-state index contributed by atoms with van der Waals surface area (Å²) in [5.74, 6) is -0.281. The van der Waals surface area contributed by atoms with Gasteiger partial charge in [-0.25, -0.2) is 8.42 Å². The lowest BCUT2D eigenvalue weighted by Crippen LogP contribution is -2.41. The zero-order valence-corrected chi connectivity index (χ0v) is 12.7. The second-order valence-electron chi connectivity index (χ2n) is 4.46. The summed E-state index contributed by atoms with van der Waals surface area (Å²) in [6.07, 6.45) is 4.14. The number of hydrogen-bond donors (Lipinski definition) is 0. The number of hydrogen-bond acceptors (Lipinski definition) is 5. The molecule has 0 aliphatic carbocycles. The number of rotatable bonds is 8. The molecule has 1 aromatic heterocycles. The molecular weight excluding hydrogens is 284 g/mol. The van der Waals surface area contributed by atoms with Crippen molar-refractivity contribution >= 4 is 15.9 Å². The standard InChI is InChI=1S/C12H20N2O5S/c1-13(20(3,16)17)9-12(15)14(5-7-18-2)8-11-4-6-19-10-11/h4,6,10H,5,7-9H2,1-3H3. The number of methoxy groups -OCH3 is 1. The average Bonchev–Trinajstić information content (AvgIpc) is 2.85. The SMILES string of the molecule is COCCN(Cc1ccoc1)C(=O)CN(C)S(C)(=O)=O. The second-order valence-corrected chi connectivity index (χ2v) is 6.55. The van der Waals surface area contributed by atoms with Gasteiger partial charge in [-0.15, -0.1) is 0 Å². The van der Waals surface area contributed by atoms with Crippen LogP contribution in [0.2, 0.25) is 0 Å². The van der Waals surface area contributed by atoms with Crippen molar-refractivity contribution in [3.8, 4) is 0 Å². The van der Waals surface area contributed by atoms with Crippen LogP contribution in [-0.2, 0) is 26.1 Å². The molecule has 0 radical (unpaired) electrons. The van der Waals surface area contributed by atoms with Gasteiger partial charge in [0.2, 0.25) is 15.9 Å². The van der Waals surface area contributed by atoms with Crippen LogP contribution in [0, 0.1) is 0 Å². The third kappa shape index (κ3) is 5.32. The zero-order valence-electron chi connectivity index (χ0n) is 11.9. The van der Waals surface area contributed by atoms with E-state index in [1.54, 1.807) is 19.4 Å². The van der Waals surface area contributed by atoms with Crippen molar-refractivity contribution in [2.24, 2.45) is 0 Å². The van der Waals surface area contributed by atoms with E-state index in [-0.39, 0.29) is 12.5 Å². The van der Waals surface area contributed by atoms with Crippen LogP contribution in [0.25, 0.3) is 0 Å². The third-order valence-corrected chi connectivity index (χ3v) is 4.06. The van der Waals surface area contributed by atoms with Gasteiger partial charge in [0, 0.05) is 32.8 Å². The summed E-state index contributed by atoms with van der Waals surface area (Å²) in [4.78, 5) is 13.7. The van der Waals surface area contributed by atoms with E-state index < -0.39 is 10.0 Å². The first-order valence-corrected chi connectivity index (χ1v) is 7.88. The lowest BCUT2D eigenvalue weighted by molar-refractivity contribution is -0.132. The summed E-state index contributed by atoms with van der Waals surface area (Å²) in [6.45, 7) is 0.932. The molecule has 0 aliphatic heterocycles. The van der Waals surface area contributed by atoms with Crippen LogP contribution in [0.5, 0.6) is 0 Å². The van der Waals surface area contributed by atoms with Crippen LogP contribution < -0.4 is 0 Å². The van der Waals surface area contributed by atoms with Crippen molar-refractivity contribution in [2.45, 2.75) is 6.54 Å². The first-order chi connectivity index (χ1) is 9.34. The van der Waals surface area contributed by atoms with E-state index >= 15 is 0 Å². The molecule has 1 amide bonds. The third-order valence-electron chi connectivity index (χ3n) is 2.80. The number of furan rings is 1. The molecule has 114 valence electrons. The van der Waals surface area contributed by atoms with E-state index in [2.05, 4.69) is 0 Å². The molecule has 8 heteroatoms. The van der Waals surface area contributed by atoms with Crippen LogP contribution in [0.1, 0.15) is 5.56 Å². The largest absolute Gasteiger partial charge is 0.472 e. The first kappa shape index (κ1) is 16.7. The highest BCUT2D eigenvalue weighted by Crippen LogP contribution is 2.07. The normalized spacial score (nSPS) is 11.8. The number of likely N-dealkylation sites (N-methyl/N-ethyl adjacent to an activating group) is 1. The first-order valence-electron chi connectivity index (χ1n) is 6.03. The second kappa shape index (κ2) is 7.41. The Balaban J connectivity index is 2.69. The maximum atomic E-state index is 12.2. The van der Waals surface area contributed by atoms with Crippen LogP contribution in [0.15, 0.2) is 23.0 Å². The fourth-order valence-electron chi connectivity index (χ4n) is 1.50. The average molecular weight is 304 g/mol. The minimum absolute atomic E-state index is 0.194. The summed E-state index contributed by atoms with van der Waals surface area (Å²) in [5, 5.41) is 0. The van der Waals surface area contributed by atoms with Crippen molar-refractivity contribution in [3.05, 3.63) is 24.2 Å². The van der Waals surface area contributed by atoms with E-state index in [1.165, 1.54) is 18.2 Å². The van der Waals surface area contributed by atoms with Crippen LogP contribution in [0.3, 0.4) is 0 Å². The van der Waals surface area contributed by atoms with Gasteiger partial charge in [-0.1, -0.05) is 0 Å². The molecule has 1 rings (SSSR count). The Labute approximate surface area is 119 Å². The Morgan fingerprint density at radius 3 is 2.65 bits per heavy atom. The maximum Gasteiger partial charge on any atom is 0.238 e. The summed E-state index contributed by atoms with van der Waals surface area (Å²) in [6, 6.07) is 1.76. The topological polar surface area (TPSA) is 80.1 Å². The molecule has 1 heterocycles. The van der Waals surface area contributed by atoms with Gasteiger partial charge >= 0.3 is 0 Å². The van der Waals surface area contributed by atoms with Crippen molar-refractivity contribution in [1.82, 2.24) is 9.21 Å². The molecule has 0 atom stereocenters. The molecule has 0 aromatic carbocycles. The Hall–Kier alpha value is -1.38. The lowest BCUT2D eigenvalue weighted by Gasteiger charge is -2.24. The smallest absolute Gasteiger partial charge is 0.238 e. The van der Waals surface area contributed by atoms with Crippen LogP contribution in [0.4, 0.5) is 0 Å². The number of carbonyl (C=O) groups excluding carboxylic acids is 1. The minimum Gasteiger partial charge on any atom is -0.472 e. The molecule has 0 saturated carbocycles. The fraction of sp³-hybridized carbons (Fsp3) is 0.583. The van der Waals surface area contributed by atoms with Crippen LogP contribution >= 0.6 is 0 Å². The number of carbonyl (C=O) groups is 1. The highest BCUT2D eigenvalue weighted by atomic mass is 32.2. The van der Waals surface area contributed by atoms with E-state index in [4.69, 9.17) is 9.15 Å². The molecule has 0 unspecified atom stereocenters. The van der Waals surface area contributed by atoms with Crippen molar-refractivity contribution in [2.75, 3.05) is 40.1 Å². The number of sulfonamides is 1. The van der Waals surface area contributed by atoms with Gasteiger partial charge in [-0.3, -0.25) is 4.79 Å². The minimum atomic E-state index is -3.38. The fourth-order valence-corrected chi connectivity index (χ4v) is 1.85. The molecule has 0 spiro atoms. The van der Waals surface area contributed by atoms with Crippen molar-refractivity contribution in [3.63, 3.8) is 0 Å². The molecule has 20 heavy (non-hydrogen) atoms. The number of amides is 1. The molecular formula is C12H20N2O5S. The Morgan fingerprint density at radius 1 is 1.45 bits per heavy atom. The molecule has 0 N–H and O–H groups in total. The van der Waals surface area contributed by atoms with Gasteiger partial charge in [-0.2, -0.15) is 4.31 Å². The molecule has 0 aliphatic rings. The van der Waals surface area contributed by atoms with Gasteiger partial charge in [-0.05, 0) is 6.07 Å². The Kier molecular flexibility index (Phi) is 6.18. The predicted molar refractivity (Wildman–Crippen MR) is 73.5 cm³/mol. The quantitative estimate of drug-likeness (QED) is 0.683. The summed E-state index contributed by atoms with van der Waals surface area (Å²) < 4.78 is 33.6. The lowest BCUT2D eigenvalue weighted by atomic mass is 10.3. The molecule has 1 aromatic rings. The van der Waals surface area contributed by atoms with Gasteiger partial charge in [0.1, 0.15) is 0 Å².